The fourth-order valence-electron chi connectivity index (χ4n) is 12.7. The Morgan fingerprint density at radius 2 is 0.923 bits per heavy atom. The number of carbonyl (C=O) groups excluding carboxylic acids is 4. The maximum atomic E-state index is 15.2. The molecule has 2 saturated heterocycles. The van der Waals surface area contributed by atoms with Crippen LogP contribution in [0, 0.1) is 62.6 Å². The average Bonchev–Trinajstić information content (AvgIpc) is 1.69. The minimum absolute atomic E-state index is 0.00630. The van der Waals surface area contributed by atoms with Gasteiger partial charge in [0.1, 0.15) is 41.5 Å². The van der Waals surface area contributed by atoms with Gasteiger partial charge in [-0.1, -0.05) is 0 Å². The largest absolute Gasteiger partial charge is 0.435 e. The summed E-state index contributed by atoms with van der Waals surface area (Å²) in [5.41, 5.74) is 2.70. The highest BCUT2D eigenvalue weighted by atomic mass is 19.4. The van der Waals surface area contributed by atoms with Crippen LogP contribution in [0.25, 0.3) is 38.4 Å². The summed E-state index contributed by atoms with van der Waals surface area (Å²) in [6.45, 7) is 14.3. The lowest BCUT2D eigenvalue weighted by atomic mass is 10.1. The Morgan fingerprint density at radius 1 is 0.479 bits per heavy atom. The number of carbonyl (C=O) groups is 4. The van der Waals surface area contributed by atoms with Crippen LogP contribution in [0.4, 0.5) is 74.2 Å². The number of hydrogen-bond donors (Lipinski definition) is 9. The molecule has 13 aromatic rings. The van der Waals surface area contributed by atoms with Crippen LogP contribution in [0.1, 0.15) is 75.5 Å². The third-order valence-electron chi connectivity index (χ3n) is 18.8. The molecule has 30 nitrogen and oxygen atoms in total. The fraction of sp³-hybridized carbons (Fsp3) is 0.244. The lowest BCUT2D eigenvalue weighted by Gasteiger charge is -2.32. The van der Waals surface area contributed by atoms with E-state index in [1.807, 2.05) is 19.2 Å². The molecule has 9 N–H and O–H groups in total. The number of rotatable bonds is 19. The van der Waals surface area contributed by atoms with Gasteiger partial charge >= 0.3 is 6.18 Å². The van der Waals surface area contributed by atoms with Gasteiger partial charge in [0.25, 0.3) is 23.6 Å². The molecular formula is C78H74F9N23O7. The maximum Gasteiger partial charge on any atom is 0.416 e. The predicted octanol–water partition coefficient (Wildman–Crippen LogP) is 12.8. The first-order valence-corrected chi connectivity index (χ1v) is 36.0. The van der Waals surface area contributed by atoms with Crippen LogP contribution in [0.15, 0.2) is 123 Å². The highest BCUT2D eigenvalue weighted by Crippen LogP contribution is 2.41. The van der Waals surface area contributed by atoms with Gasteiger partial charge in [-0.2, -0.15) is 13.2 Å². The van der Waals surface area contributed by atoms with E-state index >= 15 is 13.2 Å². The zero-order valence-corrected chi connectivity index (χ0v) is 63.9. The molecule has 0 spiro atoms. The number of nitrogens with one attached hydrogen (secondary N) is 9. The fourth-order valence-corrected chi connectivity index (χ4v) is 12.7. The van der Waals surface area contributed by atoms with E-state index in [0.717, 1.165) is 94.5 Å². The summed E-state index contributed by atoms with van der Waals surface area (Å²) in [7, 11) is 8.25. The molecule has 606 valence electrons. The van der Waals surface area contributed by atoms with E-state index < -0.39 is 87.5 Å². The molecular weight excluding hydrogens is 1540 g/mol. The minimum atomic E-state index is -4.69. The number of aromatic amines is 3. The number of anilines is 6. The molecule has 0 radical (unpaired) electrons. The third-order valence-corrected chi connectivity index (χ3v) is 18.8. The van der Waals surface area contributed by atoms with Gasteiger partial charge in [-0.3, -0.25) is 29.1 Å². The number of aryl methyl sites for hydroxylation is 4. The Kier molecular flexibility index (Phi) is 23.9. The van der Waals surface area contributed by atoms with Crippen LogP contribution in [-0.2, 0) is 12.7 Å². The summed E-state index contributed by atoms with van der Waals surface area (Å²) in [5.74, 6) is -9.02. The summed E-state index contributed by atoms with van der Waals surface area (Å²) in [4.78, 5) is 105. The summed E-state index contributed by atoms with van der Waals surface area (Å²) >= 11 is 0. The molecule has 15 rings (SSSR count). The number of amides is 4. The van der Waals surface area contributed by atoms with Crippen molar-refractivity contribution in [3.8, 4) is 40.6 Å². The number of fused-ring (bicyclic) bond motifs is 3. The number of imidazole rings is 1. The molecule has 2 aliphatic heterocycles. The van der Waals surface area contributed by atoms with E-state index in [0.29, 0.717) is 52.9 Å². The van der Waals surface area contributed by atoms with E-state index in [1.54, 1.807) is 57.1 Å². The number of piperazine rings is 2. The van der Waals surface area contributed by atoms with Gasteiger partial charge in [0, 0.05) is 155 Å². The Bertz CT molecular complexity index is 5910. The first kappa shape index (κ1) is 81.2. The Morgan fingerprint density at radius 3 is 1.32 bits per heavy atom. The number of hydrogen-bond acceptors (Lipinski definition) is 22. The average molecular weight is 1620 g/mol. The molecule has 0 aliphatic carbocycles. The quantitative estimate of drug-likeness (QED) is 0.0340. The van der Waals surface area contributed by atoms with Crippen molar-refractivity contribution in [3.05, 3.63) is 214 Å². The van der Waals surface area contributed by atoms with Gasteiger partial charge in [-0.05, 0) is 102 Å². The smallest absolute Gasteiger partial charge is 0.416 e. The van der Waals surface area contributed by atoms with Crippen LogP contribution < -0.4 is 46.1 Å². The van der Waals surface area contributed by atoms with Crippen LogP contribution in [0.2, 0.25) is 0 Å². The van der Waals surface area contributed by atoms with E-state index in [-0.39, 0.29) is 95.9 Å². The number of alkyl halides is 3. The highest BCUT2D eigenvalue weighted by Gasteiger charge is 2.34. The summed E-state index contributed by atoms with van der Waals surface area (Å²) in [6.07, 6.45) is 4.55. The lowest BCUT2D eigenvalue weighted by Crippen LogP contribution is -2.47. The summed E-state index contributed by atoms with van der Waals surface area (Å²) in [6, 6.07) is 17.0. The second-order valence-corrected chi connectivity index (χ2v) is 27.2. The van der Waals surface area contributed by atoms with Crippen LogP contribution in [0.3, 0.4) is 0 Å². The second kappa shape index (κ2) is 34.5. The topological polar surface area (TPSA) is 349 Å². The van der Waals surface area contributed by atoms with Crippen molar-refractivity contribution in [1.82, 2.24) is 99.9 Å². The van der Waals surface area contributed by atoms with Gasteiger partial charge < -0.3 is 80.3 Å². The normalized spacial score (nSPS) is 13.3. The molecule has 0 saturated carbocycles. The minimum Gasteiger partial charge on any atom is -0.435 e. The molecule has 0 atom stereocenters. The monoisotopic (exact) mass is 1620 g/mol. The number of H-pyrrole nitrogens is 3. The Balaban J connectivity index is 0.000000152. The molecule has 0 bridgehead atoms. The molecule has 0 unspecified atom stereocenters. The van der Waals surface area contributed by atoms with Crippen LogP contribution in [0.5, 0.6) is 34.9 Å². The van der Waals surface area contributed by atoms with Crippen LogP contribution >= 0.6 is 0 Å². The van der Waals surface area contributed by atoms with E-state index in [9.17, 15) is 45.5 Å². The van der Waals surface area contributed by atoms with Crippen molar-refractivity contribution in [2.45, 2.75) is 40.4 Å². The van der Waals surface area contributed by atoms with Crippen LogP contribution in [-0.4, -0.2) is 195 Å². The number of ether oxygens (including phenoxy) is 3. The standard InChI is InChI=1S/C26H20F5N7O2.C26H26F2N8O3.C26H28F2N8O2/c1-12-4-17-21(28)19(8-18(27)22(17)36-12)40-25-20(24(39)32-3)23(33-10-34-25)37-15-5-14(26(29,30)31)6-16(7-15)38-9-13(2)35-11-38;1-14-10-16-21(28)18(11-17(27)22(16)33-14)39-25-20(24(37)29-2)23(31-13-32-25)34-19-5-4-15(12-30-19)26(38)36-8-6-35(3)7-9-36;1-15-10-18-22(28)20(11-19(27)23(18)33-15)38-26-21(25(37)29-2)24(31-14-32-26)34-16-4-5-17(30-12-16)13-36-8-6-35(3)7-9-36/h4-11,36H,1-3H3,(H,32,39)(H,33,34,37);4-5,10-13,33H,6-9H2,1-3H3,(H,29,37)(H,30,31,32,34);4-5,10-12,14,33H,6-9,13H2,1-3H3,(H,29,37)(H,31,32,34). The van der Waals surface area contributed by atoms with Crippen molar-refractivity contribution in [2.75, 3.05) is 104 Å². The van der Waals surface area contributed by atoms with Crippen molar-refractivity contribution in [1.29, 1.82) is 0 Å². The molecule has 9 aromatic heterocycles. The molecule has 39 heteroatoms. The van der Waals surface area contributed by atoms with Gasteiger partial charge in [-0.15, -0.1) is 0 Å². The van der Waals surface area contributed by atoms with E-state index in [2.05, 4.69) is 113 Å². The zero-order valence-electron chi connectivity index (χ0n) is 63.9. The van der Waals surface area contributed by atoms with Gasteiger partial charge in [0.15, 0.2) is 69.6 Å². The second-order valence-electron chi connectivity index (χ2n) is 27.2. The summed E-state index contributed by atoms with van der Waals surface area (Å²) < 4.78 is 149. The van der Waals surface area contributed by atoms with Gasteiger partial charge in [-0.25, -0.2) is 66.2 Å². The van der Waals surface area contributed by atoms with Gasteiger partial charge in [0.05, 0.1) is 57.3 Å². The van der Waals surface area contributed by atoms with Crippen molar-refractivity contribution < 1.29 is 72.9 Å². The van der Waals surface area contributed by atoms with Crippen molar-refractivity contribution >= 4 is 91.0 Å². The maximum absolute atomic E-state index is 15.2. The van der Waals surface area contributed by atoms with Gasteiger partial charge in [0.2, 0.25) is 17.6 Å². The Labute approximate surface area is 659 Å². The number of pyridine rings is 2. The molecule has 4 aromatic carbocycles. The lowest BCUT2D eigenvalue weighted by molar-refractivity contribution is -0.137. The van der Waals surface area contributed by atoms with E-state index in [4.69, 9.17) is 14.2 Å². The molecule has 11 heterocycles. The molecule has 117 heavy (non-hydrogen) atoms. The third kappa shape index (κ3) is 18.2. The first-order valence-electron chi connectivity index (χ1n) is 36.0. The zero-order chi connectivity index (χ0) is 83.3. The number of aromatic nitrogens is 13. The first-order chi connectivity index (χ1) is 56.0. The molecule has 2 fully saturated rings. The van der Waals surface area contributed by atoms with Crippen molar-refractivity contribution in [3.63, 3.8) is 0 Å². The number of nitrogens with zero attached hydrogens (tertiary/aromatic N) is 14. The molecule has 2 aliphatic rings. The van der Waals surface area contributed by atoms with Crippen molar-refractivity contribution in [2.24, 2.45) is 0 Å². The Hall–Kier alpha value is -13.8. The SMILES string of the molecule is CNC(=O)c1c(Nc2cc(-n3cnc(C)c3)cc(C(F)(F)F)c2)ncnc1Oc1cc(F)c2[nH]c(C)cc2c1F.CNC(=O)c1c(Nc2ccc(C(=O)N3CCN(C)CC3)cn2)ncnc1Oc1cc(F)c2[nH]c(C)cc2c1F.CNC(=O)c1c(Nc2ccc(CN3CCN(C)CC3)nc2)ncnc1Oc1cc(F)c2[nH]c(C)cc2c1F. The summed E-state index contributed by atoms with van der Waals surface area (Å²) in [5, 5.41) is 16.0. The number of benzene rings is 4. The number of likely N-dealkylation sites (N-methyl/N-ethyl adjacent to an activating group) is 2. The van der Waals surface area contributed by atoms with E-state index in [1.165, 1.54) is 68.8 Å². The highest BCUT2D eigenvalue weighted by molar-refractivity contribution is 6.03. The predicted molar refractivity (Wildman–Crippen MR) is 413 cm³/mol. The number of halogens is 9. The molecule has 4 amide bonds.